The van der Waals surface area contributed by atoms with Gasteiger partial charge in [-0.1, -0.05) is 11.8 Å². The van der Waals surface area contributed by atoms with Crippen LogP contribution in [-0.4, -0.2) is 35.7 Å². The van der Waals surface area contributed by atoms with E-state index in [0.29, 0.717) is 18.2 Å². The SMILES string of the molecule is CCNC(=O)C1=C(C2CCNCC2)SC(c2cn[nH]c2)N1c1ccc(F)cc1. The van der Waals surface area contributed by atoms with Gasteiger partial charge in [-0.05, 0) is 63.0 Å². The predicted molar refractivity (Wildman–Crippen MR) is 109 cm³/mol. The summed E-state index contributed by atoms with van der Waals surface area (Å²) < 4.78 is 13.6. The first-order valence-corrected chi connectivity index (χ1v) is 10.5. The number of benzene rings is 1. The molecule has 1 aromatic carbocycles. The maximum atomic E-state index is 13.6. The van der Waals surface area contributed by atoms with Crippen molar-refractivity contribution in [3.63, 3.8) is 0 Å². The van der Waals surface area contributed by atoms with Crippen molar-refractivity contribution in [2.24, 2.45) is 5.92 Å². The molecule has 3 N–H and O–H groups in total. The summed E-state index contributed by atoms with van der Waals surface area (Å²) in [6.07, 6.45) is 5.64. The van der Waals surface area contributed by atoms with Crippen LogP contribution in [0.5, 0.6) is 0 Å². The Morgan fingerprint density at radius 3 is 2.71 bits per heavy atom. The largest absolute Gasteiger partial charge is 0.351 e. The van der Waals surface area contributed by atoms with Crippen molar-refractivity contribution in [2.45, 2.75) is 25.1 Å². The summed E-state index contributed by atoms with van der Waals surface area (Å²) >= 11 is 1.71. The lowest BCUT2D eigenvalue weighted by atomic mass is 9.96. The van der Waals surface area contributed by atoms with Gasteiger partial charge in [-0.15, -0.1) is 0 Å². The van der Waals surface area contributed by atoms with Gasteiger partial charge in [0.2, 0.25) is 0 Å². The average molecular weight is 402 g/mol. The number of halogens is 1. The number of aromatic nitrogens is 2. The monoisotopic (exact) mass is 401 g/mol. The molecule has 6 nitrogen and oxygen atoms in total. The molecule has 1 unspecified atom stereocenters. The normalized spacial score (nSPS) is 20.6. The molecule has 148 valence electrons. The fraction of sp³-hybridized carbons (Fsp3) is 0.400. The van der Waals surface area contributed by atoms with Crippen LogP contribution in [0.15, 0.2) is 47.3 Å². The van der Waals surface area contributed by atoms with E-state index in [2.05, 4.69) is 20.8 Å². The van der Waals surface area contributed by atoms with E-state index in [0.717, 1.165) is 42.1 Å². The Morgan fingerprint density at radius 1 is 1.32 bits per heavy atom. The molecule has 0 radical (unpaired) electrons. The van der Waals surface area contributed by atoms with Gasteiger partial charge in [0.1, 0.15) is 16.9 Å². The van der Waals surface area contributed by atoms with E-state index in [-0.39, 0.29) is 17.1 Å². The average Bonchev–Trinajstić information content (AvgIpc) is 3.37. The number of aromatic amines is 1. The van der Waals surface area contributed by atoms with Gasteiger partial charge < -0.3 is 15.5 Å². The van der Waals surface area contributed by atoms with E-state index in [9.17, 15) is 9.18 Å². The lowest BCUT2D eigenvalue weighted by Gasteiger charge is -2.28. The summed E-state index contributed by atoms with van der Waals surface area (Å²) in [5.41, 5.74) is 2.46. The van der Waals surface area contributed by atoms with E-state index in [1.807, 2.05) is 18.0 Å². The first-order chi connectivity index (χ1) is 13.7. The number of carbonyl (C=O) groups is 1. The number of hydrogen-bond donors (Lipinski definition) is 3. The highest BCUT2D eigenvalue weighted by atomic mass is 32.2. The minimum atomic E-state index is -0.294. The molecule has 1 amide bonds. The summed E-state index contributed by atoms with van der Waals surface area (Å²) in [7, 11) is 0. The zero-order valence-electron chi connectivity index (χ0n) is 15.7. The molecule has 1 fully saturated rings. The van der Waals surface area contributed by atoms with Crippen LogP contribution in [0.2, 0.25) is 0 Å². The summed E-state index contributed by atoms with van der Waals surface area (Å²) in [6.45, 7) is 4.37. The molecular formula is C20H24FN5OS. The molecule has 2 aliphatic heterocycles. The number of nitrogens with one attached hydrogen (secondary N) is 3. The molecule has 1 atom stereocenters. The molecule has 0 bridgehead atoms. The Hall–Kier alpha value is -2.32. The molecule has 2 aliphatic rings. The van der Waals surface area contributed by atoms with Crippen molar-refractivity contribution in [3.8, 4) is 0 Å². The second kappa shape index (κ2) is 8.36. The molecule has 1 aromatic heterocycles. The summed E-state index contributed by atoms with van der Waals surface area (Å²) in [5, 5.41) is 13.2. The van der Waals surface area contributed by atoms with E-state index in [4.69, 9.17) is 0 Å². The van der Waals surface area contributed by atoms with Crippen LogP contribution in [-0.2, 0) is 4.79 Å². The van der Waals surface area contributed by atoms with Gasteiger partial charge in [-0.3, -0.25) is 9.89 Å². The smallest absolute Gasteiger partial charge is 0.268 e. The van der Waals surface area contributed by atoms with Gasteiger partial charge in [0.05, 0.1) is 6.20 Å². The quantitative estimate of drug-likeness (QED) is 0.718. The Morgan fingerprint density at radius 2 is 2.07 bits per heavy atom. The van der Waals surface area contributed by atoms with Crippen molar-refractivity contribution in [2.75, 3.05) is 24.5 Å². The van der Waals surface area contributed by atoms with Gasteiger partial charge in [0.15, 0.2) is 0 Å². The predicted octanol–water partition coefficient (Wildman–Crippen LogP) is 3.15. The second-order valence-electron chi connectivity index (χ2n) is 6.94. The molecule has 0 spiro atoms. The first-order valence-electron chi connectivity index (χ1n) is 9.62. The molecule has 1 saturated heterocycles. The van der Waals surface area contributed by atoms with Crippen LogP contribution in [0.1, 0.15) is 30.7 Å². The number of carbonyl (C=O) groups excluding carboxylic acids is 1. The van der Waals surface area contributed by atoms with E-state index >= 15 is 0 Å². The van der Waals surface area contributed by atoms with E-state index in [1.54, 1.807) is 30.1 Å². The number of H-pyrrole nitrogens is 1. The van der Waals surface area contributed by atoms with Crippen LogP contribution < -0.4 is 15.5 Å². The van der Waals surface area contributed by atoms with Crippen LogP contribution in [0, 0.1) is 11.7 Å². The highest BCUT2D eigenvalue weighted by Crippen LogP contribution is 2.53. The molecule has 3 heterocycles. The molecule has 2 aromatic rings. The first kappa shape index (κ1) is 19.0. The van der Waals surface area contributed by atoms with Crippen LogP contribution >= 0.6 is 11.8 Å². The number of amides is 1. The number of likely N-dealkylation sites (N-methyl/N-ethyl adjacent to an activating group) is 1. The van der Waals surface area contributed by atoms with Crippen molar-refractivity contribution in [1.29, 1.82) is 0 Å². The Kier molecular flexibility index (Phi) is 5.68. The third-order valence-corrected chi connectivity index (χ3v) is 6.61. The number of anilines is 1. The van der Waals surface area contributed by atoms with Crippen molar-refractivity contribution >= 4 is 23.4 Å². The topological polar surface area (TPSA) is 73.0 Å². The minimum Gasteiger partial charge on any atom is -0.351 e. The zero-order valence-corrected chi connectivity index (χ0v) is 16.6. The number of piperidine rings is 1. The van der Waals surface area contributed by atoms with Crippen molar-refractivity contribution in [3.05, 3.63) is 58.6 Å². The minimum absolute atomic E-state index is 0.0844. The number of allylic oxidation sites excluding steroid dienone is 1. The molecule has 4 rings (SSSR count). The highest BCUT2D eigenvalue weighted by molar-refractivity contribution is 8.03. The third-order valence-electron chi connectivity index (χ3n) is 5.12. The van der Waals surface area contributed by atoms with Crippen LogP contribution in [0.4, 0.5) is 10.1 Å². The van der Waals surface area contributed by atoms with Gasteiger partial charge in [-0.2, -0.15) is 5.10 Å². The standard InChI is InChI=1S/C20H24FN5OS/c1-2-23-19(27)17-18(13-7-9-22-10-8-13)28-20(14-11-24-25-12-14)26(17)16-5-3-15(21)4-6-16/h3-6,11-13,20,22H,2,7-10H2,1H3,(H,23,27)(H,24,25). The van der Waals surface area contributed by atoms with E-state index in [1.165, 1.54) is 12.1 Å². The Labute approximate surface area is 168 Å². The van der Waals surface area contributed by atoms with Gasteiger partial charge in [0.25, 0.3) is 5.91 Å². The molecule has 28 heavy (non-hydrogen) atoms. The van der Waals surface area contributed by atoms with Gasteiger partial charge in [-0.25, -0.2) is 4.39 Å². The summed E-state index contributed by atoms with van der Waals surface area (Å²) in [5.74, 6) is -0.0415. The Balaban J connectivity index is 1.81. The summed E-state index contributed by atoms with van der Waals surface area (Å²) in [6, 6.07) is 6.33. The molecule has 8 heteroatoms. The van der Waals surface area contributed by atoms with Crippen LogP contribution in [0.25, 0.3) is 0 Å². The Bertz CT molecular complexity index is 846. The number of thioether (sulfide) groups is 1. The van der Waals surface area contributed by atoms with Crippen molar-refractivity contribution < 1.29 is 9.18 Å². The van der Waals surface area contributed by atoms with Gasteiger partial charge >= 0.3 is 0 Å². The van der Waals surface area contributed by atoms with Crippen LogP contribution in [0.3, 0.4) is 0 Å². The molecular weight excluding hydrogens is 377 g/mol. The lowest BCUT2D eigenvalue weighted by molar-refractivity contribution is -0.117. The fourth-order valence-corrected chi connectivity index (χ4v) is 5.35. The van der Waals surface area contributed by atoms with Gasteiger partial charge in [0, 0.05) is 28.9 Å². The lowest BCUT2D eigenvalue weighted by Crippen LogP contribution is -2.35. The number of nitrogens with zero attached hydrogens (tertiary/aromatic N) is 2. The maximum Gasteiger partial charge on any atom is 0.268 e. The summed E-state index contributed by atoms with van der Waals surface area (Å²) in [4.78, 5) is 16.3. The zero-order chi connectivity index (χ0) is 19.5. The maximum absolute atomic E-state index is 13.6. The number of rotatable bonds is 5. The van der Waals surface area contributed by atoms with E-state index < -0.39 is 0 Å². The molecule has 0 saturated carbocycles. The van der Waals surface area contributed by atoms with Crippen molar-refractivity contribution in [1.82, 2.24) is 20.8 Å². The number of hydrogen-bond acceptors (Lipinski definition) is 5. The molecule has 0 aliphatic carbocycles. The fourth-order valence-electron chi connectivity index (χ4n) is 3.78. The third kappa shape index (κ3) is 3.66. The highest BCUT2D eigenvalue weighted by Gasteiger charge is 2.41. The second-order valence-corrected chi connectivity index (χ2v) is 8.07.